The Balaban J connectivity index is 0.00000208. The molecule has 1 aromatic heterocycles. The van der Waals surface area contributed by atoms with Crippen molar-refractivity contribution in [2.24, 2.45) is 12.0 Å². The van der Waals surface area contributed by atoms with E-state index in [2.05, 4.69) is 31.8 Å². The highest BCUT2D eigenvalue weighted by atomic mass is 127. The topological polar surface area (TPSA) is 77.7 Å². The van der Waals surface area contributed by atoms with Gasteiger partial charge in [-0.05, 0) is 32.1 Å². The summed E-state index contributed by atoms with van der Waals surface area (Å²) in [5, 5.41) is 21.2. The van der Waals surface area contributed by atoms with Crippen molar-refractivity contribution in [1.82, 2.24) is 20.4 Å². The second-order valence-corrected chi connectivity index (χ2v) is 6.81. The molecule has 0 spiro atoms. The Hall–Kier alpha value is -1.03. The third-order valence-electron chi connectivity index (χ3n) is 4.91. The van der Waals surface area contributed by atoms with Crippen molar-refractivity contribution >= 4 is 35.6 Å². The highest BCUT2D eigenvalue weighted by Crippen LogP contribution is 2.30. The van der Waals surface area contributed by atoms with E-state index in [1.54, 1.807) is 7.05 Å². The van der Waals surface area contributed by atoms with Crippen molar-refractivity contribution in [1.29, 1.82) is 0 Å². The summed E-state index contributed by atoms with van der Waals surface area (Å²) in [6, 6.07) is 0.353. The fourth-order valence-electron chi connectivity index (χ4n) is 3.30. The van der Waals surface area contributed by atoms with Crippen LogP contribution in [-0.4, -0.2) is 59.2 Å². The first-order valence-corrected chi connectivity index (χ1v) is 8.51. The zero-order chi connectivity index (χ0) is 16.3. The lowest BCUT2D eigenvalue weighted by molar-refractivity contribution is -0.0279. The highest BCUT2D eigenvalue weighted by Gasteiger charge is 2.34. The Morgan fingerprint density at radius 1 is 1.46 bits per heavy atom. The molecule has 7 nitrogen and oxygen atoms in total. The first-order valence-electron chi connectivity index (χ1n) is 8.51. The third kappa shape index (κ3) is 4.75. The second-order valence-electron chi connectivity index (χ2n) is 6.81. The second kappa shape index (κ2) is 8.37. The number of nitrogens with zero attached hydrogens (tertiary/aromatic N) is 4. The lowest BCUT2D eigenvalue weighted by Crippen LogP contribution is -2.55. The summed E-state index contributed by atoms with van der Waals surface area (Å²) < 4.78 is 1.84. The van der Waals surface area contributed by atoms with Crippen LogP contribution in [0.25, 0.3) is 0 Å². The minimum atomic E-state index is -0.536. The van der Waals surface area contributed by atoms with Crippen molar-refractivity contribution in [2.45, 2.75) is 43.7 Å². The molecule has 24 heavy (non-hydrogen) atoms. The summed E-state index contributed by atoms with van der Waals surface area (Å²) in [4.78, 5) is 6.66. The zero-order valence-electron chi connectivity index (χ0n) is 14.5. The van der Waals surface area contributed by atoms with Crippen LogP contribution in [0, 0.1) is 0 Å². The predicted octanol–water partition coefficient (Wildman–Crippen LogP) is 1.09. The molecular weight excluding hydrogens is 419 g/mol. The van der Waals surface area contributed by atoms with Crippen LogP contribution in [-0.2, 0) is 7.05 Å². The largest absolute Gasteiger partial charge is 0.388 e. The number of aliphatic imine (C=N–C) groups is 1. The summed E-state index contributed by atoms with van der Waals surface area (Å²) in [6.45, 7) is 2.58. The van der Waals surface area contributed by atoms with E-state index in [-0.39, 0.29) is 24.0 Å². The van der Waals surface area contributed by atoms with Gasteiger partial charge in [0.25, 0.3) is 0 Å². The number of aryl methyl sites for hydroxylation is 1. The molecule has 2 fully saturated rings. The lowest BCUT2D eigenvalue weighted by atomic mass is 9.80. The van der Waals surface area contributed by atoms with E-state index >= 15 is 0 Å². The molecule has 136 valence electrons. The summed E-state index contributed by atoms with van der Waals surface area (Å²) in [5.41, 5.74) is 0.636. The standard InChI is InChI=1S/C16H28N6O.HI/c1-17-15(18-12-16(23)6-4-7-16)20-13-5-3-8-22(10-13)14-9-19-21(2)11-14;/h9,11,13,23H,3-8,10,12H2,1-2H3,(H2,17,18,20);1H. The van der Waals surface area contributed by atoms with Gasteiger partial charge in [-0.25, -0.2) is 0 Å². The number of aromatic nitrogens is 2. The van der Waals surface area contributed by atoms with Gasteiger partial charge in [0.15, 0.2) is 5.96 Å². The molecule has 0 amide bonds. The first-order chi connectivity index (χ1) is 11.1. The van der Waals surface area contributed by atoms with E-state index in [4.69, 9.17) is 0 Å². The normalized spacial score (nSPS) is 23.2. The van der Waals surface area contributed by atoms with Gasteiger partial charge >= 0.3 is 0 Å². The average Bonchev–Trinajstić information content (AvgIpc) is 2.96. The van der Waals surface area contributed by atoms with Gasteiger partial charge in [0.2, 0.25) is 0 Å². The van der Waals surface area contributed by atoms with Crippen LogP contribution in [0.3, 0.4) is 0 Å². The number of hydrogen-bond donors (Lipinski definition) is 3. The quantitative estimate of drug-likeness (QED) is 0.365. The molecule has 2 aliphatic rings. The van der Waals surface area contributed by atoms with E-state index < -0.39 is 5.60 Å². The molecule has 1 aliphatic heterocycles. The van der Waals surface area contributed by atoms with Crippen LogP contribution in [0.15, 0.2) is 17.4 Å². The van der Waals surface area contributed by atoms with Crippen LogP contribution < -0.4 is 15.5 Å². The number of guanidine groups is 1. The Labute approximate surface area is 160 Å². The maximum Gasteiger partial charge on any atom is 0.191 e. The monoisotopic (exact) mass is 448 g/mol. The summed E-state index contributed by atoms with van der Waals surface area (Å²) in [6.07, 6.45) is 9.13. The van der Waals surface area contributed by atoms with Gasteiger partial charge in [-0.1, -0.05) is 0 Å². The molecule has 1 aliphatic carbocycles. The molecule has 1 unspecified atom stereocenters. The smallest absolute Gasteiger partial charge is 0.191 e. The van der Waals surface area contributed by atoms with Gasteiger partial charge < -0.3 is 20.6 Å². The number of anilines is 1. The molecule has 3 rings (SSSR count). The SMILES string of the molecule is CN=C(NCC1(O)CCC1)NC1CCCN(c2cnn(C)c2)C1.I. The van der Waals surface area contributed by atoms with Crippen LogP contribution in [0.2, 0.25) is 0 Å². The van der Waals surface area contributed by atoms with E-state index in [9.17, 15) is 5.11 Å². The maximum atomic E-state index is 10.2. The van der Waals surface area contributed by atoms with Crippen molar-refractivity contribution in [3.05, 3.63) is 12.4 Å². The first kappa shape index (κ1) is 19.3. The molecule has 1 saturated carbocycles. The number of aliphatic hydroxyl groups is 1. The number of rotatable bonds is 4. The third-order valence-corrected chi connectivity index (χ3v) is 4.91. The predicted molar refractivity (Wildman–Crippen MR) is 107 cm³/mol. The van der Waals surface area contributed by atoms with Gasteiger partial charge in [0.05, 0.1) is 17.5 Å². The number of hydrogen-bond acceptors (Lipinski definition) is 4. The van der Waals surface area contributed by atoms with Gasteiger partial charge in [-0.15, -0.1) is 24.0 Å². The molecule has 1 saturated heterocycles. The zero-order valence-corrected chi connectivity index (χ0v) is 16.9. The van der Waals surface area contributed by atoms with Crippen molar-refractivity contribution in [3.63, 3.8) is 0 Å². The van der Waals surface area contributed by atoms with Crippen molar-refractivity contribution < 1.29 is 5.11 Å². The minimum absolute atomic E-state index is 0. The molecule has 0 aromatic carbocycles. The molecule has 3 N–H and O–H groups in total. The fourth-order valence-corrected chi connectivity index (χ4v) is 3.30. The van der Waals surface area contributed by atoms with Crippen LogP contribution in [0.1, 0.15) is 32.1 Å². The Morgan fingerprint density at radius 2 is 2.25 bits per heavy atom. The molecule has 8 heteroatoms. The van der Waals surface area contributed by atoms with Gasteiger partial charge in [0.1, 0.15) is 0 Å². The minimum Gasteiger partial charge on any atom is -0.388 e. The molecular formula is C16H29IN6O. The molecule has 1 atom stereocenters. The van der Waals surface area contributed by atoms with Crippen LogP contribution in [0.5, 0.6) is 0 Å². The van der Waals surface area contributed by atoms with Crippen molar-refractivity contribution in [3.8, 4) is 0 Å². The number of nitrogens with one attached hydrogen (secondary N) is 2. The number of halogens is 1. The maximum absolute atomic E-state index is 10.2. The summed E-state index contributed by atoms with van der Waals surface area (Å²) >= 11 is 0. The Bertz CT molecular complexity index is 557. The molecule has 1 aromatic rings. The summed E-state index contributed by atoms with van der Waals surface area (Å²) in [7, 11) is 3.72. The lowest BCUT2D eigenvalue weighted by Gasteiger charge is -2.38. The van der Waals surface area contributed by atoms with Gasteiger partial charge in [-0.2, -0.15) is 5.10 Å². The van der Waals surface area contributed by atoms with Gasteiger partial charge in [0, 0.05) is 46.0 Å². The van der Waals surface area contributed by atoms with Gasteiger partial charge in [-0.3, -0.25) is 9.67 Å². The molecule has 0 bridgehead atoms. The molecule has 2 heterocycles. The van der Waals surface area contributed by atoms with Crippen molar-refractivity contribution in [2.75, 3.05) is 31.6 Å². The van der Waals surface area contributed by atoms with E-state index in [0.29, 0.717) is 12.6 Å². The Kier molecular flexibility index (Phi) is 6.73. The fraction of sp³-hybridized carbons (Fsp3) is 0.750. The van der Waals surface area contributed by atoms with E-state index in [1.165, 1.54) is 5.69 Å². The highest BCUT2D eigenvalue weighted by molar-refractivity contribution is 14.0. The summed E-state index contributed by atoms with van der Waals surface area (Å²) in [5.74, 6) is 0.781. The average molecular weight is 448 g/mol. The van der Waals surface area contributed by atoms with E-state index in [1.807, 2.05) is 17.9 Å². The van der Waals surface area contributed by atoms with E-state index in [0.717, 1.165) is 51.2 Å². The number of piperidine rings is 1. The van der Waals surface area contributed by atoms with Crippen LogP contribution in [0.4, 0.5) is 5.69 Å². The molecule has 0 radical (unpaired) electrons. The Morgan fingerprint density at radius 3 is 2.83 bits per heavy atom. The van der Waals surface area contributed by atoms with Crippen LogP contribution >= 0.6 is 24.0 Å².